The van der Waals surface area contributed by atoms with Gasteiger partial charge in [0, 0.05) is 11.6 Å². The van der Waals surface area contributed by atoms with Crippen LogP contribution in [0.2, 0.25) is 0 Å². The predicted octanol–water partition coefficient (Wildman–Crippen LogP) is 1.61. The van der Waals surface area contributed by atoms with E-state index in [9.17, 15) is 9.90 Å². The van der Waals surface area contributed by atoms with E-state index in [-0.39, 0.29) is 5.75 Å². The summed E-state index contributed by atoms with van der Waals surface area (Å²) in [5, 5.41) is 9.40. The van der Waals surface area contributed by atoms with Crippen molar-refractivity contribution in [3.8, 4) is 11.5 Å². The van der Waals surface area contributed by atoms with Gasteiger partial charge in [-0.2, -0.15) is 0 Å². The van der Waals surface area contributed by atoms with Crippen LogP contribution in [0, 0.1) is 0 Å². The minimum absolute atomic E-state index is 0.0949. The molecular weight excluding hydrogens is 168 g/mol. The van der Waals surface area contributed by atoms with Crippen molar-refractivity contribution >= 4 is 12.4 Å². The van der Waals surface area contributed by atoms with Gasteiger partial charge < -0.3 is 9.84 Å². The molecular formula is C10H10O3. The normalized spacial score (nSPS) is 10.2. The highest BCUT2D eigenvalue weighted by molar-refractivity contribution is 5.75. The smallest absolute Gasteiger partial charge is 0.142 e. The number of allylic oxidation sites excluding steroid dienone is 1. The molecule has 0 radical (unpaired) electrons. The van der Waals surface area contributed by atoms with Crippen LogP contribution < -0.4 is 4.74 Å². The number of phenolic OH excluding ortho intramolecular Hbond substituents is 1. The summed E-state index contributed by atoms with van der Waals surface area (Å²) in [6.07, 6.45) is 3.51. The maximum atomic E-state index is 10.0. The van der Waals surface area contributed by atoms with Gasteiger partial charge in [-0.05, 0) is 24.3 Å². The molecule has 0 atom stereocenters. The number of ether oxygens (including phenoxy) is 1. The van der Waals surface area contributed by atoms with Crippen LogP contribution in [0.3, 0.4) is 0 Å². The van der Waals surface area contributed by atoms with Gasteiger partial charge in [-0.15, -0.1) is 0 Å². The predicted molar refractivity (Wildman–Crippen MR) is 49.8 cm³/mol. The molecule has 0 aliphatic heterocycles. The van der Waals surface area contributed by atoms with Gasteiger partial charge in [-0.3, -0.25) is 4.79 Å². The fourth-order valence-electron chi connectivity index (χ4n) is 0.934. The SMILES string of the molecule is COc1ccc(/C=C/C=O)c(O)c1. The molecule has 3 nitrogen and oxygen atoms in total. The van der Waals surface area contributed by atoms with Crippen LogP contribution in [-0.4, -0.2) is 18.5 Å². The van der Waals surface area contributed by atoms with Gasteiger partial charge in [0.25, 0.3) is 0 Å². The first kappa shape index (κ1) is 9.32. The monoisotopic (exact) mass is 178 g/mol. The molecule has 0 spiro atoms. The minimum atomic E-state index is 0.0949. The molecule has 0 aromatic heterocycles. The highest BCUT2D eigenvalue weighted by atomic mass is 16.5. The van der Waals surface area contributed by atoms with Crippen LogP contribution in [0.5, 0.6) is 11.5 Å². The zero-order valence-corrected chi connectivity index (χ0v) is 7.23. The van der Waals surface area contributed by atoms with Crippen molar-refractivity contribution in [3.63, 3.8) is 0 Å². The van der Waals surface area contributed by atoms with Crippen molar-refractivity contribution in [2.24, 2.45) is 0 Å². The van der Waals surface area contributed by atoms with Gasteiger partial charge in [0.1, 0.15) is 17.8 Å². The molecule has 1 N–H and O–H groups in total. The van der Waals surface area contributed by atoms with Crippen LogP contribution in [0.25, 0.3) is 6.08 Å². The molecule has 1 rings (SSSR count). The van der Waals surface area contributed by atoms with Gasteiger partial charge in [-0.25, -0.2) is 0 Å². The quantitative estimate of drug-likeness (QED) is 0.565. The molecule has 0 unspecified atom stereocenters. The lowest BCUT2D eigenvalue weighted by Gasteiger charge is -2.02. The summed E-state index contributed by atoms with van der Waals surface area (Å²) < 4.78 is 4.90. The molecule has 0 saturated heterocycles. The maximum Gasteiger partial charge on any atom is 0.142 e. The number of carbonyl (C=O) groups is 1. The Morgan fingerprint density at radius 1 is 1.46 bits per heavy atom. The summed E-state index contributed by atoms with van der Waals surface area (Å²) in [5.74, 6) is 0.679. The number of aldehydes is 1. The number of carbonyl (C=O) groups excluding carboxylic acids is 1. The fraction of sp³-hybridized carbons (Fsp3) is 0.100. The summed E-state index contributed by atoms with van der Waals surface area (Å²) in [7, 11) is 1.52. The molecule has 1 aromatic carbocycles. The molecule has 0 amide bonds. The second-order valence-electron chi connectivity index (χ2n) is 2.42. The summed E-state index contributed by atoms with van der Waals surface area (Å²) >= 11 is 0. The topological polar surface area (TPSA) is 46.5 Å². The van der Waals surface area contributed by atoms with E-state index < -0.39 is 0 Å². The van der Waals surface area contributed by atoms with E-state index in [1.54, 1.807) is 12.1 Å². The third-order valence-electron chi connectivity index (χ3n) is 1.59. The first-order valence-corrected chi connectivity index (χ1v) is 3.77. The second kappa shape index (κ2) is 4.30. The Balaban J connectivity index is 2.98. The lowest BCUT2D eigenvalue weighted by Crippen LogP contribution is -1.82. The standard InChI is InChI=1S/C10H10O3/c1-13-9-5-4-8(3-2-6-11)10(12)7-9/h2-7,12H,1H3/b3-2+. The van der Waals surface area contributed by atoms with Crippen molar-refractivity contribution in [2.45, 2.75) is 0 Å². The molecule has 0 aliphatic carbocycles. The number of benzene rings is 1. The maximum absolute atomic E-state index is 10.0. The number of hydrogen-bond donors (Lipinski definition) is 1. The van der Waals surface area contributed by atoms with Crippen molar-refractivity contribution < 1.29 is 14.6 Å². The third-order valence-corrected chi connectivity index (χ3v) is 1.59. The van der Waals surface area contributed by atoms with Gasteiger partial charge in [0.2, 0.25) is 0 Å². The van der Waals surface area contributed by atoms with Crippen LogP contribution in [-0.2, 0) is 4.79 Å². The number of aromatic hydroxyl groups is 1. The fourth-order valence-corrected chi connectivity index (χ4v) is 0.934. The molecule has 1 aromatic rings. The molecule has 13 heavy (non-hydrogen) atoms. The number of hydrogen-bond acceptors (Lipinski definition) is 3. The van der Waals surface area contributed by atoms with Crippen molar-refractivity contribution in [1.82, 2.24) is 0 Å². The summed E-state index contributed by atoms with van der Waals surface area (Å²) in [6, 6.07) is 4.88. The molecule has 0 saturated carbocycles. The molecule has 0 fully saturated rings. The van der Waals surface area contributed by atoms with Gasteiger partial charge in [-0.1, -0.05) is 0 Å². The second-order valence-corrected chi connectivity index (χ2v) is 2.42. The van der Waals surface area contributed by atoms with E-state index in [4.69, 9.17) is 4.74 Å². The van der Waals surface area contributed by atoms with E-state index >= 15 is 0 Å². The van der Waals surface area contributed by atoms with Crippen molar-refractivity contribution in [1.29, 1.82) is 0 Å². The van der Waals surface area contributed by atoms with Crippen molar-refractivity contribution in [2.75, 3.05) is 7.11 Å². The van der Waals surface area contributed by atoms with E-state index in [0.29, 0.717) is 17.6 Å². The van der Waals surface area contributed by atoms with E-state index in [2.05, 4.69) is 0 Å². The van der Waals surface area contributed by atoms with Crippen LogP contribution in [0.15, 0.2) is 24.3 Å². The summed E-state index contributed by atoms with van der Waals surface area (Å²) in [4.78, 5) is 10.0. The van der Waals surface area contributed by atoms with Gasteiger partial charge in [0.05, 0.1) is 7.11 Å². The van der Waals surface area contributed by atoms with E-state index in [1.807, 2.05) is 0 Å². The molecule has 0 bridgehead atoms. The molecule has 3 heteroatoms. The Bertz CT molecular complexity index is 329. The Morgan fingerprint density at radius 3 is 2.77 bits per heavy atom. The average molecular weight is 178 g/mol. The minimum Gasteiger partial charge on any atom is -0.507 e. The Morgan fingerprint density at radius 2 is 2.23 bits per heavy atom. The third kappa shape index (κ3) is 2.33. The van der Waals surface area contributed by atoms with Gasteiger partial charge in [0.15, 0.2) is 0 Å². The zero-order valence-electron chi connectivity index (χ0n) is 7.23. The van der Waals surface area contributed by atoms with E-state index in [0.717, 1.165) is 0 Å². The highest BCUT2D eigenvalue weighted by Crippen LogP contribution is 2.23. The average Bonchev–Trinajstić information content (AvgIpc) is 2.16. The molecule has 0 aliphatic rings. The van der Waals surface area contributed by atoms with Crippen molar-refractivity contribution in [3.05, 3.63) is 29.8 Å². The lowest BCUT2D eigenvalue weighted by atomic mass is 10.2. The highest BCUT2D eigenvalue weighted by Gasteiger charge is 1.98. The van der Waals surface area contributed by atoms with E-state index in [1.165, 1.54) is 25.3 Å². The Labute approximate surface area is 76.3 Å². The Kier molecular flexibility index (Phi) is 3.09. The summed E-state index contributed by atoms with van der Waals surface area (Å²) in [5.41, 5.74) is 0.591. The van der Waals surface area contributed by atoms with Crippen LogP contribution >= 0.6 is 0 Å². The number of rotatable bonds is 3. The number of methoxy groups -OCH3 is 1. The first-order valence-electron chi connectivity index (χ1n) is 3.77. The Hall–Kier alpha value is -1.77. The zero-order chi connectivity index (χ0) is 9.68. The molecule has 68 valence electrons. The molecule has 0 heterocycles. The van der Waals surface area contributed by atoms with Crippen LogP contribution in [0.4, 0.5) is 0 Å². The van der Waals surface area contributed by atoms with Gasteiger partial charge >= 0.3 is 0 Å². The van der Waals surface area contributed by atoms with Crippen LogP contribution in [0.1, 0.15) is 5.56 Å². The lowest BCUT2D eigenvalue weighted by molar-refractivity contribution is -0.104. The summed E-state index contributed by atoms with van der Waals surface area (Å²) in [6.45, 7) is 0. The first-order chi connectivity index (χ1) is 6.27. The number of phenols is 1. The largest absolute Gasteiger partial charge is 0.507 e.